The van der Waals surface area contributed by atoms with Crippen LogP contribution in [0.5, 0.6) is 5.75 Å². The Morgan fingerprint density at radius 3 is 2.53 bits per heavy atom. The number of halogens is 1. The maximum Gasteiger partial charge on any atom is 0.280 e. The van der Waals surface area contributed by atoms with Gasteiger partial charge in [-0.25, -0.2) is 0 Å². The van der Waals surface area contributed by atoms with E-state index in [1.54, 1.807) is 18.9 Å². The van der Waals surface area contributed by atoms with Crippen molar-refractivity contribution in [2.24, 2.45) is 5.10 Å². The summed E-state index contributed by atoms with van der Waals surface area (Å²) >= 11 is 7.59. The number of hydrogen-bond acceptors (Lipinski definition) is 4. The van der Waals surface area contributed by atoms with Gasteiger partial charge in [-0.1, -0.05) is 41.9 Å². The third-order valence-corrected chi connectivity index (χ3v) is 5.82. The Bertz CT molecular complexity index is 1110. The number of ether oxygens (including phenoxy) is 1. The van der Waals surface area contributed by atoms with Crippen LogP contribution in [0.25, 0.3) is 6.08 Å². The number of methoxy groups -OCH3 is 1. The van der Waals surface area contributed by atoms with Gasteiger partial charge in [-0.05, 0) is 60.2 Å². The minimum Gasteiger partial charge on any atom is -0.497 e. The molecule has 4 nitrogen and oxygen atoms in total. The Labute approximate surface area is 184 Å². The molecule has 0 atom stereocenters. The number of rotatable bonds is 6. The Morgan fingerprint density at radius 1 is 1.03 bits per heavy atom. The molecule has 6 heteroatoms. The maximum absolute atomic E-state index is 13.2. The Hall–Kier alpha value is -3.02. The molecular weight excluding hydrogens is 416 g/mol. The molecule has 0 aromatic heterocycles. The first-order valence-corrected chi connectivity index (χ1v) is 10.7. The van der Waals surface area contributed by atoms with E-state index in [0.29, 0.717) is 16.3 Å². The molecule has 0 radical (unpaired) electrons. The van der Waals surface area contributed by atoms with Crippen LogP contribution in [0.15, 0.2) is 94.4 Å². The van der Waals surface area contributed by atoms with E-state index in [1.165, 1.54) is 5.01 Å². The summed E-state index contributed by atoms with van der Waals surface area (Å²) in [5.41, 5.74) is 2.93. The molecule has 0 N–H and O–H groups in total. The van der Waals surface area contributed by atoms with E-state index in [1.807, 2.05) is 84.9 Å². The van der Waals surface area contributed by atoms with Gasteiger partial charge in [0.25, 0.3) is 5.91 Å². The molecule has 3 aromatic carbocycles. The van der Waals surface area contributed by atoms with Gasteiger partial charge in [-0.3, -0.25) is 4.79 Å². The molecular formula is C24H19ClN2O2S. The van der Waals surface area contributed by atoms with Gasteiger partial charge in [0, 0.05) is 15.7 Å². The summed E-state index contributed by atoms with van der Waals surface area (Å²) in [6, 6.07) is 24.7. The van der Waals surface area contributed by atoms with E-state index in [0.717, 1.165) is 27.6 Å². The second-order valence-corrected chi connectivity index (χ2v) is 8.06. The first-order chi connectivity index (χ1) is 14.6. The molecule has 0 unspecified atom stereocenters. The fourth-order valence-electron chi connectivity index (χ4n) is 3.03. The van der Waals surface area contributed by atoms with Crippen LogP contribution in [0.2, 0.25) is 5.02 Å². The second-order valence-electron chi connectivity index (χ2n) is 6.58. The molecule has 0 spiro atoms. The van der Waals surface area contributed by atoms with E-state index in [2.05, 4.69) is 5.10 Å². The molecule has 1 heterocycles. The molecule has 0 saturated heterocycles. The summed E-state index contributed by atoms with van der Waals surface area (Å²) in [7, 11) is 1.62. The Kier molecular flexibility index (Phi) is 6.21. The molecule has 1 aliphatic heterocycles. The van der Waals surface area contributed by atoms with Gasteiger partial charge in [-0.15, -0.1) is 11.8 Å². The van der Waals surface area contributed by atoms with Gasteiger partial charge in [0.1, 0.15) is 5.75 Å². The van der Waals surface area contributed by atoms with Crippen molar-refractivity contribution in [3.05, 3.63) is 95.0 Å². The number of hydrogen-bond donors (Lipinski definition) is 0. The van der Waals surface area contributed by atoms with Crippen molar-refractivity contribution < 1.29 is 9.53 Å². The fraction of sp³-hybridized carbons (Fsp3) is 0.0833. The molecule has 1 aliphatic rings. The van der Waals surface area contributed by atoms with Crippen LogP contribution in [0.4, 0.5) is 5.69 Å². The third-order valence-electron chi connectivity index (χ3n) is 4.55. The Morgan fingerprint density at radius 2 is 1.80 bits per heavy atom. The summed E-state index contributed by atoms with van der Waals surface area (Å²) in [5.74, 6) is 1.16. The maximum atomic E-state index is 13.2. The number of nitrogens with zero attached hydrogens (tertiary/aromatic N) is 2. The van der Waals surface area contributed by atoms with Gasteiger partial charge in [0.2, 0.25) is 0 Å². The van der Waals surface area contributed by atoms with Gasteiger partial charge in [0.05, 0.1) is 24.1 Å². The van der Waals surface area contributed by atoms with Crippen molar-refractivity contribution in [3.8, 4) is 5.75 Å². The predicted octanol–water partition coefficient (Wildman–Crippen LogP) is 5.93. The predicted molar refractivity (Wildman–Crippen MR) is 125 cm³/mol. The van der Waals surface area contributed by atoms with Crippen LogP contribution in [-0.2, 0) is 4.79 Å². The highest BCUT2D eigenvalue weighted by molar-refractivity contribution is 8.00. The first-order valence-electron chi connectivity index (χ1n) is 9.35. The van der Waals surface area contributed by atoms with Crippen LogP contribution in [0.1, 0.15) is 5.56 Å². The topological polar surface area (TPSA) is 41.9 Å². The number of carbonyl (C=O) groups is 1. The summed E-state index contributed by atoms with van der Waals surface area (Å²) in [4.78, 5) is 14.3. The summed E-state index contributed by atoms with van der Waals surface area (Å²) in [5, 5.41) is 6.80. The van der Waals surface area contributed by atoms with Crippen LogP contribution in [0, 0.1) is 0 Å². The average molecular weight is 435 g/mol. The molecule has 0 fully saturated rings. The van der Waals surface area contributed by atoms with Crippen LogP contribution in [-0.4, -0.2) is 24.5 Å². The fourth-order valence-corrected chi connectivity index (χ4v) is 4.00. The van der Waals surface area contributed by atoms with E-state index >= 15 is 0 Å². The van der Waals surface area contributed by atoms with E-state index in [4.69, 9.17) is 16.3 Å². The first kappa shape index (κ1) is 20.3. The van der Waals surface area contributed by atoms with E-state index in [-0.39, 0.29) is 5.91 Å². The highest BCUT2D eigenvalue weighted by atomic mass is 35.5. The SMILES string of the molecule is COc1cccc(/C=C2\C(=O)N(c3ccccc3)N=C2CSc2ccc(Cl)cc2)c1. The third kappa shape index (κ3) is 4.58. The zero-order valence-corrected chi connectivity index (χ0v) is 17.9. The molecule has 1 amide bonds. The van der Waals surface area contributed by atoms with Crippen molar-refractivity contribution in [2.75, 3.05) is 17.9 Å². The largest absolute Gasteiger partial charge is 0.497 e. The molecule has 0 saturated carbocycles. The smallest absolute Gasteiger partial charge is 0.280 e. The number of benzene rings is 3. The van der Waals surface area contributed by atoms with Crippen molar-refractivity contribution in [2.45, 2.75) is 4.90 Å². The molecule has 4 rings (SSSR count). The average Bonchev–Trinajstić information content (AvgIpc) is 3.09. The molecule has 3 aromatic rings. The van der Waals surface area contributed by atoms with Crippen LogP contribution in [0.3, 0.4) is 0 Å². The number of anilines is 1. The summed E-state index contributed by atoms with van der Waals surface area (Å²) in [6.07, 6.45) is 1.87. The lowest BCUT2D eigenvalue weighted by Crippen LogP contribution is -2.21. The quantitative estimate of drug-likeness (QED) is 0.357. The highest BCUT2D eigenvalue weighted by Crippen LogP contribution is 2.29. The Balaban J connectivity index is 1.66. The normalized spacial score (nSPS) is 14.9. The van der Waals surface area contributed by atoms with Crippen molar-refractivity contribution in [1.29, 1.82) is 0 Å². The van der Waals surface area contributed by atoms with Crippen molar-refractivity contribution in [3.63, 3.8) is 0 Å². The summed E-state index contributed by atoms with van der Waals surface area (Å²) < 4.78 is 5.31. The molecule has 0 aliphatic carbocycles. The molecule has 0 bridgehead atoms. The number of hydrazone groups is 1. The van der Waals surface area contributed by atoms with Crippen LogP contribution < -0.4 is 9.75 Å². The van der Waals surface area contributed by atoms with E-state index in [9.17, 15) is 4.79 Å². The van der Waals surface area contributed by atoms with Gasteiger partial charge < -0.3 is 4.74 Å². The number of carbonyl (C=O) groups excluding carboxylic acids is 1. The zero-order chi connectivity index (χ0) is 20.9. The van der Waals surface area contributed by atoms with Gasteiger partial charge >= 0.3 is 0 Å². The highest BCUT2D eigenvalue weighted by Gasteiger charge is 2.31. The molecule has 150 valence electrons. The van der Waals surface area contributed by atoms with Gasteiger partial charge in [-0.2, -0.15) is 10.1 Å². The van der Waals surface area contributed by atoms with Gasteiger partial charge in [0.15, 0.2) is 0 Å². The number of thioether (sulfide) groups is 1. The lowest BCUT2D eigenvalue weighted by molar-refractivity contribution is -0.114. The standard InChI is InChI=1S/C24H19ClN2O2S/c1-29-20-9-5-6-17(14-20)15-22-23(16-30-21-12-10-18(25)11-13-21)26-27(24(22)28)19-7-3-2-4-8-19/h2-15H,16H2,1H3/b22-15-. The zero-order valence-electron chi connectivity index (χ0n) is 16.3. The lowest BCUT2D eigenvalue weighted by Gasteiger charge is -2.11. The monoisotopic (exact) mass is 434 g/mol. The minimum absolute atomic E-state index is 0.143. The minimum atomic E-state index is -0.143. The molecule has 30 heavy (non-hydrogen) atoms. The summed E-state index contributed by atoms with van der Waals surface area (Å²) in [6.45, 7) is 0. The van der Waals surface area contributed by atoms with Crippen molar-refractivity contribution >= 4 is 46.7 Å². The van der Waals surface area contributed by atoms with E-state index < -0.39 is 0 Å². The lowest BCUT2D eigenvalue weighted by atomic mass is 10.1. The number of amides is 1. The van der Waals surface area contributed by atoms with Crippen LogP contribution >= 0.6 is 23.4 Å². The van der Waals surface area contributed by atoms with Crippen molar-refractivity contribution in [1.82, 2.24) is 0 Å². The number of para-hydroxylation sites is 1. The second kappa shape index (κ2) is 9.20.